The van der Waals surface area contributed by atoms with Crippen LogP contribution < -0.4 is 0 Å². The van der Waals surface area contributed by atoms with Gasteiger partial charge in [-0.1, -0.05) is 0 Å². The molecule has 0 atom stereocenters. The third-order valence-corrected chi connectivity index (χ3v) is 4.60. The molecule has 2 fully saturated rings. The molecule has 0 saturated carbocycles. The lowest BCUT2D eigenvalue weighted by Gasteiger charge is -2.36. The molecule has 1 N–H and O–H groups in total. The number of hydrogen-bond donors (Lipinski definition) is 1. The second-order valence-electron chi connectivity index (χ2n) is 7.49. The fourth-order valence-electron chi connectivity index (χ4n) is 3.41. The highest BCUT2D eigenvalue weighted by molar-refractivity contribution is 5.92. The van der Waals surface area contributed by atoms with E-state index in [1.807, 2.05) is 18.7 Å². The second kappa shape index (κ2) is 7.21. The van der Waals surface area contributed by atoms with Gasteiger partial charge >= 0.3 is 0 Å². The van der Waals surface area contributed by atoms with E-state index in [1.165, 1.54) is 6.26 Å². The average molecular weight is 336 g/mol. The maximum Gasteiger partial charge on any atom is 0.275 e. The molecule has 3 rings (SSSR count). The highest BCUT2D eigenvalue weighted by atomic mass is 16.3. The van der Waals surface area contributed by atoms with Gasteiger partial charge in [0.15, 0.2) is 5.69 Å². The molecule has 134 valence electrons. The van der Waals surface area contributed by atoms with E-state index in [1.54, 1.807) is 0 Å². The molecular weight excluding hydrogens is 308 g/mol. The maximum atomic E-state index is 12.3. The van der Waals surface area contributed by atoms with E-state index in [0.717, 1.165) is 52.1 Å². The Morgan fingerprint density at radius 1 is 1.17 bits per heavy atom. The number of amides is 1. The summed E-state index contributed by atoms with van der Waals surface area (Å²) in [6, 6.07) is 0. The van der Waals surface area contributed by atoms with Crippen LogP contribution in [-0.2, 0) is 6.54 Å². The SMILES string of the molecule is CC(C)(O)CN1CCN(Cc2nc(C(=O)N3CCCC3)co2)CC1. The van der Waals surface area contributed by atoms with Crippen LogP contribution in [0.2, 0.25) is 0 Å². The summed E-state index contributed by atoms with van der Waals surface area (Å²) < 4.78 is 5.50. The largest absolute Gasteiger partial charge is 0.447 e. The number of oxazole rings is 1. The van der Waals surface area contributed by atoms with Crippen LogP contribution in [0.25, 0.3) is 0 Å². The number of β-amino-alcohol motifs (C(OH)–C–C–N with tert-alkyl or cyclic N) is 1. The standard InChI is InChI=1S/C17H28N4O3/c1-17(2,23)13-20-9-7-19(8-10-20)11-15-18-14(12-24-15)16(22)21-5-3-4-6-21/h12,23H,3-11,13H2,1-2H3. The molecule has 7 heteroatoms. The quantitative estimate of drug-likeness (QED) is 0.857. The van der Waals surface area contributed by atoms with E-state index >= 15 is 0 Å². The molecule has 7 nitrogen and oxygen atoms in total. The van der Waals surface area contributed by atoms with Gasteiger partial charge < -0.3 is 14.4 Å². The minimum absolute atomic E-state index is 0.0162. The number of rotatable bonds is 5. The molecule has 0 unspecified atom stereocenters. The fourth-order valence-corrected chi connectivity index (χ4v) is 3.41. The summed E-state index contributed by atoms with van der Waals surface area (Å²) in [5.41, 5.74) is -0.233. The first-order chi connectivity index (χ1) is 11.4. The molecule has 0 spiro atoms. The van der Waals surface area contributed by atoms with Crippen molar-refractivity contribution < 1.29 is 14.3 Å². The molecule has 0 aliphatic carbocycles. The Kier molecular flexibility index (Phi) is 5.22. The first-order valence-corrected chi connectivity index (χ1v) is 8.81. The number of aromatic nitrogens is 1. The van der Waals surface area contributed by atoms with Gasteiger partial charge in [-0.3, -0.25) is 14.6 Å². The Morgan fingerprint density at radius 3 is 2.42 bits per heavy atom. The van der Waals surface area contributed by atoms with Gasteiger partial charge in [0.2, 0.25) is 5.89 Å². The van der Waals surface area contributed by atoms with E-state index < -0.39 is 5.60 Å². The van der Waals surface area contributed by atoms with Crippen LogP contribution in [0.15, 0.2) is 10.7 Å². The van der Waals surface area contributed by atoms with Crippen molar-refractivity contribution >= 4 is 5.91 Å². The molecule has 1 amide bonds. The molecule has 2 saturated heterocycles. The molecule has 1 aromatic rings. The number of likely N-dealkylation sites (tertiary alicyclic amines) is 1. The Balaban J connectivity index is 1.48. The van der Waals surface area contributed by atoms with Crippen molar-refractivity contribution in [3.05, 3.63) is 17.8 Å². The third-order valence-electron chi connectivity index (χ3n) is 4.60. The van der Waals surface area contributed by atoms with Crippen LogP contribution in [-0.4, -0.2) is 82.1 Å². The van der Waals surface area contributed by atoms with Crippen LogP contribution in [0.5, 0.6) is 0 Å². The molecular formula is C17H28N4O3. The highest BCUT2D eigenvalue weighted by Crippen LogP contribution is 2.15. The molecule has 0 aromatic carbocycles. The first-order valence-electron chi connectivity index (χ1n) is 8.81. The van der Waals surface area contributed by atoms with Crippen LogP contribution in [0.4, 0.5) is 0 Å². The van der Waals surface area contributed by atoms with Gasteiger partial charge in [0.05, 0.1) is 12.1 Å². The van der Waals surface area contributed by atoms with Crippen molar-refractivity contribution in [2.45, 2.75) is 38.8 Å². The lowest BCUT2D eigenvalue weighted by molar-refractivity contribution is 0.0156. The minimum Gasteiger partial charge on any atom is -0.447 e. The molecule has 3 heterocycles. The van der Waals surface area contributed by atoms with Crippen LogP contribution in [0.3, 0.4) is 0 Å². The van der Waals surface area contributed by atoms with Gasteiger partial charge in [0, 0.05) is 45.8 Å². The zero-order valence-corrected chi connectivity index (χ0v) is 14.7. The summed E-state index contributed by atoms with van der Waals surface area (Å²) in [5.74, 6) is 0.589. The van der Waals surface area contributed by atoms with Gasteiger partial charge in [-0.15, -0.1) is 0 Å². The first kappa shape index (κ1) is 17.4. The summed E-state index contributed by atoms with van der Waals surface area (Å²) >= 11 is 0. The molecule has 24 heavy (non-hydrogen) atoms. The maximum absolute atomic E-state index is 12.3. The summed E-state index contributed by atoms with van der Waals surface area (Å²) in [7, 11) is 0. The van der Waals surface area contributed by atoms with Crippen molar-refractivity contribution in [2.75, 3.05) is 45.8 Å². The van der Waals surface area contributed by atoms with Crippen molar-refractivity contribution in [3.8, 4) is 0 Å². The number of carbonyl (C=O) groups is 1. The Morgan fingerprint density at radius 2 is 1.79 bits per heavy atom. The lowest BCUT2D eigenvalue weighted by Crippen LogP contribution is -2.50. The van der Waals surface area contributed by atoms with Crippen molar-refractivity contribution in [3.63, 3.8) is 0 Å². The second-order valence-corrected chi connectivity index (χ2v) is 7.49. The molecule has 2 aliphatic heterocycles. The van der Waals surface area contributed by atoms with Crippen LogP contribution in [0, 0.1) is 0 Å². The van der Waals surface area contributed by atoms with Crippen molar-refractivity contribution in [2.24, 2.45) is 0 Å². The molecule has 1 aromatic heterocycles. The predicted molar refractivity (Wildman–Crippen MR) is 89.7 cm³/mol. The zero-order valence-electron chi connectivity index (χ0n) is 14.7. The average Bonchev–Trinajstić information content (AvgIpc) is 3.18. The highest BCUT2D eigenvalue weighted by Gasteiger charge is 2.25. The number of piperazine rings is 1. The number of carbonyl (C=O) groups excluding carboxylic acids is 1. The zero-order chi connectivity index (χ0) is 17.2. The topological polar surface area (TPSA) is 73.1 Å². The summed E-state index contributed by atoms with van der Waals surface area (Å²) in [4.78, 5) is 23.1. The molecule has 2 aliphatic rings. The number of hydrogen-bond acceptors (Lipinski definition) is 6. The third kappa shape index (κ3) is 4.55. The summed E-state index contributed by atoms with van der Waals surface area (Å²) in [5, 5.41) is 9.90. The van der Waals surface area contributed by atoms with Gasteiger partial charge in [0.1, 0.15) is 6.26 Å². The van der Waals surface area contributed by atoms with Crippen molar-refractivity contribution in [1.29, 1.82) is 0 Å². The predicted octanol–water partition coefficient (Wildman–Crippen LogP) is 0.799. The van der Waals surface area contributed by atoms with Gasteiger partial charge in [-0.05, 0) is 26.7 Å². The minimum atomic E-state index is -0.657. The fraction of sp³-hybridized carbons (Fsp3) is 0.765. The van der Waals surface area contributed by atoms with E-state index in [4.69, 9.17) is 4.42 Å². The van der Waals surface area contributed by atoms with Gasteiger partial charge in [-0.25, -0.2) is 4.98 Å². The number of nitrogens with zero attached hydrogens (tertiary/aromatic N) is 4. The van der Waals surface area contributed by atoms with E-state index in [9.17, 15) is 9.90 Å². The smallest absolute Gasteiger partial charge is 0.275 e. The van der Waals surface area contributed by atoms with Crippen molar-refractivity contribution in [1.82, 2.24) is 19.7 Å². The van der Waals surface area contributed by atoms with Crippen LogP contribution >= 0.6 is 0 Å². The van der Waals surface area contributed by atoms with Gasteiger partial charge in [0.25, 0.3) is 5.91 Å². The summed E-state index contributed by atoms with van der Waals surface area (Å²) in [6.45, 7) is 10.3. The normalized spacial score (nSPS) is 20.7. The Hall–Kier alpha value is -1.44. The lowest BCUT2D eigenvalue weighted by atomic mass is 10.1. The Bertz CT molecular complexity index is 552. The van der Waals surface area contributed by atoms with Gasteiger partial charge in [-0.2, -0.15) is 0 Å². The van der Waals surface area contributed by atoms with Crippen LogP contribution in [0.1, 0.15) is 43.1 Å². The summed E-state index contributed by atoms with van der Waals surface area (Å²) in [6.07, 6.45) is 3.64. The molecule has 0 radical (unpaired) electrons. The van der Waals surface area contributed by atoms with E-state index in [-0.39, 0.29) is 5.91 Å². The van der Waals surface area contributed by atoms with E-state index in [2.05, 4.69) is 14.8 Å². The Labute approximate surface area is 143 Å². The monoisotopic (exact) mass is 336 g/mol. The number of aliphatic hydroxyl groups is 1. The van der Waals surface area contributed by atoms with E-state index in [0.29, 0.717) is 24.7 Å². The molecule has 0 bridgehead atoms.